The Morgan fingerprint density at radius 3 is 1.89 bits per heavy atom. The van der Waals surface area contributed by atoms with Crippen LogP contribution in [0.4, 0.5) is 30.7 Å². The molecule has 0 aliphatic heterocycles. The molecular weight excluding hydrogens is 405 g/mol. The number of benzene rings is 1. The third kappa shape index (κ3) is 3.97. The van der Waals surface area contributed by atoms with E-state index in [2.05, 4.69) is 0 Å². The van der Waals surface area contributed by atoms with Crippen molar-refractivity contribution in [3.63, 3.8) is 0 Å². The maximum atomic E-state index is 14.6. The Labute approximate surface area is 153 Å². The smallest absolute Gasteiger partial charge is 0.435 e. The molecule has 0 spiro atoms. The van der Waals surface area contributed by atoms with Crippen molar-refractivity contribution in [2.75, 3.05) is 0 Å². The van der Waals surface area contributed by atoms with Gasteiger partial charge in [0.2, 0.25) is 0 Å². The van der Waals surface area contributed by atoms with E-state index in [1.54, 1.807) is 0 Å². The topological polar surface area (TPSA) is 54.4 Å². The molecule has 1 N–H and O–H groups in total. The molecule has 11 heteroatoms. The molecule has 0 aromatic heterocycles. The van der Waals surface area contributed by atoms with Crippen LogP contribution in [-0.2, 0) is 22.9 Å². The second-order valence-electron chi connectivity index (χ2n) is 5.80. The van der Waals surface area contributed by atoms with Crippen LogP contribution in [0.2, 0.25) is 0 Å². The number of hydrogen-bond acceptors (Lipinski definition) is 2. The molecule has 0 aliphatic rings. The van der Waals surface area contributed by atoms with Crippen molar-refractivity contribution in [2.24, 2.45) is 0 Å². The van der Waals surface area contributed by atoms with E-state index < -0.39 is 61.6 Å². The van der Waals surface area contributed by atoms with Gasteiger partial charge in [-0.15, -0.1) is 0 Å². The molecule has 0 saturated carbocycles. The molecule has 0 unspecified atom stereocenters. The second-order valence-corrected chi connectivity index (χ2v) is 7.61. The van der Waals surface area contributed by atoms with Crippen LogP contribution in [0, 0.1) is 0 Å². The minimum absolute atomic E-state index is 0.101. The first-order chi connectivity index (χ1) is 12.1. The molecule has 1 aromatic rings. The van der Waals surface area contributed by atoms with E-state index in [1.165, 1.54) is 20.8 Å². The van der Waals surface area contributed by atoms with Gasteiger partial charge in [-0.05, 0) is 24.5 Å². The van der Waals surface area contributed by atoms with Gasteiger partial charge in [-0.1, -0.05) is 26.8 Å². The van der Waals surface area contributed by atoms with Gasteiger partial charge in [0.15, 0.2) is 0 Å². The fourth-order valence-electron chi connectivity index (χ4n) is 2.50. The Bertz CT molecular complexity index is 727. The van der Waals surface area contributed by atoms with E-state index in [0.717, 1.165) is 0 Å². The highest BCUT2D eigenvalue weighted by Crippen LogP contribution is 2.55. The van der Waals surface area contributed by atoms with E-state index in [4.69, 9.17) is 0 Å². The summed E-state index contributed by atoms with van der Waals surface area (Å²) >= 11 is 0. The van der Waals surface area contributed by atoms with Gasteiger partial charge in [-0.25, -0.2) is 9.18 Å². The quantitative estimate of drug-likeness (QED) is 0.646. The van der Waals surface area contributed by atoms with Crippen molar-refractivity contribution in [3.8, 4) is 0 Å². The van der Waals surface area contributed by atoms with Crippen LogP contribution in [0.1, 0.15) is 48.7 Å². The summed E-state index contributed by atoms with van der Waals surface area (Å²) in [6.07, 6.45) is -13.0. The van der Waals surface area contributed by atoms with Gasteiger partial charge in [-0.2, -0.15) is 26.3 Å². The standard InChI is InChI=1S/C16H17F7O3S/c1-4-8(3)27(26)12-9(5-2)10(13(24)25)6-7-11(12)14(17,15(18,19)20)16(21,22)23/h6-8H,4-5H2,1-3H3,(H,24,25)/t8-,27-/m0/s1. The molecule has 0 aliphatic carbocycles. The Kier molecular flexibility index (Phi) is 6.73. The third-order valence-electron chi connectivity index (χ3n) is 4.14. The molecule has 154 valence electrons. The number of halogens is 7. The molecule has 0 heterocycles. The van der Waals surface area contributed by atoms with Crippen LogP contribution in [-0.4, -0.2) is 32.9 Å². The fourth-order valence-corrected chi connectivity index (χ4v) is 4.13. The number of carboxylic acid groups (broad SMARTS) is 1. The zero-order valence-electron chi connectivity index (χ0n) is 14.5. The molecule has 27 heavy (non-hydrogen) atoms. The molecule has 2 atom stereocenters. The first-order valence-corrected chi connectivity index (χ1v) is 8.98. The van der Waals surface area contributed by atoms with Crippen molar-refractivity contribution in [3.05, 3.63) is 28.8 Å². The Morgan fingerprint density at radius 1 is 1.07 bits per heavy atom. The summed E-state index contributed by atoms with van der Waals surface area (Å²) < 4.78 is 106. The number of rotatable bonds is 6. The van der Waals surface area contributed by atoms with Gasteiger partial charge in [0.05, 0.1) is 21.3 Å². The van der Waals surface area contributed by atoms with Crippen LogP contribution < -0.4 is 0 Å². The lowest BCUT2D eigenvalue weighted by Gasteiger charge is -2.33. The minimum atomic E-state index is -6.39. The molecule has 0 saturated heterocycles. The van der Waals surface area contributed by atoms with Gasteiger partial charge in [-0.3, -0.25) is 4.21 Å². The van der Waals surface area contributed by atoms with Crippen molar-refractivity contribution in [2.45, 2.75) is 61.8 Å². The summed E-state index contributed by atoms with van der Waals surface area (Å²) in [5, 5.41) is 8.25. The minimum Gasteiger partial charge on any atom is -0.478 e. The molecular formula is C16H17F7O3S. The zero-order chi connectivity index (χ0) is 21.4. The second kappa shape index (κ2) is 7.76. The molecule has 0 radical (unpaired) electrons. The Morgan fingerprint density at radius 2 is 1.56 bits per heavy atom. The largest absolute Gasteiger partial charge is 0.478 e. The summed E-state index contributed by atoms with van der Waals surface area (Å²) in [5.74, 6) is -1.63. The number of aromatic carboxylic acids is 1. The van der Waals surface area contributed by atoms with Crippen LogP contribution in [0.3, 0.4) is 0 Å². The summed E-state index contributed by atoms with van der Waals surface area (Å²) in [6, 6.07) is 0.582. The van der Waals surface area contributed by atoms with Gasteiger partial charge >= 0.3 is 24.0 Å². The van der Waals surface area contributed by atoms with Gasteiger partial charge in [0, 0.05) is 10.8 Å². The summed E-state index contributed by atoms with van der Waals surface area (Å²) in [6.45, 7) is 4.06. The van der Waals surface area contributed by atoms with Crippen LogP contribution in [0.5, 0.6) is 0 Å². The SMILES string of the molecule is CCc1c(C(=O)O)ccc(C(F)(C(F)(F)F)C(F)(F)F)c1[S@@](=O)[C@@H](C)CC. The van der Waals surface area contributed by atoms with Crippen molar-refractivity contribution in [1.29, 1.82) is 0 Å². The lowest BCUT2D eigenvalue weighted by molar-refractivity contribution is -0.349. The normalized spacial score (nSPS) is 15.5. The molecule has 1 aromatic carbocycles. The third-order valence-corrected chi connectivity index (χ3v) is 6.07. The highest BCUT2D eigenvalue weighted by Gasteiger charge is 2.74. The van der Waals surface area contributed by atoms with Crippen LogP contribution >= 0.6 is 0 Å². The number of carbonyl (C=O) groups is 1. The van der Waals surface area contributed by atoms with E-state index >= 15 is 0 Å². The van der Waals surface area contributed by atoms with E-state index in [9.17, 15) is 44.8 Å². The maximum Gasteiger partial charge on any atom is 0.435 e. The van der Waals surface area contributed by atoms with E-state index in [0.29, 0.717) is 6.07 Å². The summed E-state index contributed by atoms with van der Waals surface area (Å²) in [4.78, 5) is 10.2. The number of hydrogen-bond donors (Lipinski definition) is 1. The molecule has 0 amide bonds. The van der Waals surface area contributed by atoms with E-state index in [1.807, 2.05) is 0 Å². The van der Waals surface area contributed by atoms with Crippen molar-refractivity contribution in [1.82, 2.24) is 0 Å². The van der Waals surface area contributed by atoms with Gasteiger partial charge in [0.1, 0.15) is 0 Å². The van der Waals surface area contributed by atoms with Crippen LogP contribution in [0.15, 0.2) is 17.0 Å². The zero-order valence-corrected chi connectivity index (χ0v) is 15.3. The lowest BCUT2D eigenvalue weighted by Crippen LogP contribution is -2.51. The number of carboxylic acids is 1. The monoisotopic (exact) mass is 422 g/mol. The predicted octanol–water partition coefficient (Wildman–Crippen LogP) is 5.14. The molecule has 0 fully saturated rings. The summed E-state index contributed by atoms with van der Waals surface area (Å²) in [5.41, 5.74) is -8.82. The lowest BCUT2D eigenvalue weighted by atomic mass is 9.90. The fraction of sp³-hybridized carbons (Fsp3) is 0.562. The first-order valence-electron chi connectivity index (χ1n) is 7.77. The van der Waals surface area contributed by atoms with Crippen molar-refractivity contribution >= 4 is 16.8 Å². The average molecular weight is 422 g/mol. The van der Waals surface area contributed by atoms with Crippen molar-refractivity contribution < 1.29 is 44.8 Å². The molecule has 3 nitrogen and oxygen atoms in total. The van der Waals surface area contributed by atoms with Gasteiger partial charge in [0.25, 0.3) is 0 Å². The number of alkyl halides is 7. The highest BCUT2D eigenvalue weighted by molar-refractivity contribution is 7.85. The van der Waals surface area contributed by atoms with E-state index in [-0.39, 0.29) is 18.9 Å². The first kappa shape index (κ1) is 23.4. The Hall–Kier alpha value is -1.65. The summed E-state index contributed by atoms with van der Waals surface area (Å²) in [7, 11) is -2.50. The molecule has 1 rings (SSSR count). The van der Waals surface area contributed by atoms with Gasteiger partial charge < -0.3 is 5.11 Å². The van der Waals surface area contributed by atoms with Crippen LogP contribution in [0.25, 0.3) is 0 Å². The average Bonchev–Trinajstić information content (AvgIpc) is 2.55. The maximum absolute atomic E-state index is 14.6. The Balaban J connectivity index is 4.09. The highest BCUT2D eigenvalue weighted by atomic mass is 32.2. The predicted molar refractivity (Wildman–Crippen MR) is 83.8 cm³/mol. The molecule has 0 bridgehead atoms.